The van der Waals surface area contributed by atoms with Gasteiger partial charge in [-0.05, 0) is 25.0 Å². The first-order chi connectivity index (χ1) is 8.97. The van der Waals surface area contributed by atoms with Crippen LogP contribution in [0.1, 0.15) is 17.5 Å². The maximum atomic E-state index is 12.0. The number of thiocarbonyl (C=S) groups is 1. The minimum absolute atomic E-state index is 0.129. The van der Waals surface area contributed by atoms with Gasteiger partial charge in [0.25, 0.3) is 0 Å². The quantitative estimate of drug-likeness (QED) is 0.839. The molecule has 1 aliphatic heterocycles. The average Bonchev–Trinajstić information content (AvgIpc) is 2.63. The van der Waals surface area contributed by atoms with Crippen molar-refractivity contribution in [2.75, 3.05) is 5.32 Å². The normalized spacial score (nSPS) is 18.3. The molecule has 1 aliphatic rings. The fourth-order valence-electron chi connectivity index (χ4n) is 1.90. The van der Waals surface area contributed by atoms with Gasteiger partial charge in [-0.1, -0.05) is 42.2 Å². The molecular weight excluding hydrogens is 280 g/mol. The Bertz CT molecular complexity index is 537. The van der Waals surface area contributed by atoms with E-state index in [1.54, 1.807) is 0 Å². The Balaban J connectivity index is 2.02. The molecule has 0 aliphatic carbocycles. The zero-order valence-electron chi connectivity index (χ0n) is 10.6. The molecule has 1 saturated heterocycles. The number of anilines is 1. The second kappa shape index (κ2) is 5.71. The molecular formula is C13H14N2O2S2. The third-order valence-electron chi connectivity index (χ3n) is 2.88. The van der Waals surface area contributed by atoms with Gasteiger partial charge in [0, 0.05) is 12.1 Å². The number of benzene rings is 1. The Kier molecular flexibility index (Phi) is 4.21. The summed E-state index contributed by atoms with van der Waals surface area (Å²) in [5.41, 5.74) is 2.83. The topological polar surface area (TPSA) is 58.2 Å². The molecule has 0 radical (unpaired) electrons. The lowest BCUT2D eigenvalue weighted by atomic mass is 10.1. The van der Waals surface area contributed by atoms with Gasteiger partial charge in [-0.15, -0.1) is 0 Å². The van der Waals surface area contributed by atoms with Gasteiger partial charge in [0.15, 0.2) is 0 Å². The van der Waals surface area contributed by atoms with Gasteiger partial charge in [0.2, 0.25) is 11.8 Å². The molecule has 100 valence electrons. The van der Waals surface area contributed by atoms with Gasteiger partial charge in [-0.3, -0.25) is 9.59 Å². The molecule has 6 heteroatoms. The lowest BCUT2D eigenvalue weighted by Crippen LogP contribution is -2.27. The first kappa shape index (κ1) is 14.0. The van der Waals surface area contributed by atoms with Crippen LogP contribution in [0.4, 0.5) is 5.69 Å². The highest BCUT2D eigenvalue weighted by molar-refractivity contribution is 8.24. The van der Waals surface area contributed by atoms with Crippen LogP contribution < -0.4 is 10.6 Å². The van der Waals surface area contributed by atoms with Crippen molar-refractivity contribution in [3.05, 3.63) is 29.3 Å². The number of rotatable bonds is 3. The molecule has 1 atom stereocenters. The molecule has 1 aromatic rings. The minimum Gasteiger partial charge on any atom is -0.326 e. The van der Waals surface area contributed by atoms with Gasteiger partial charge in [-0.25, -0.2) is 0 Å². The number of carbonyl (C=O) groups excluding carboxylic acids is 2. The van der Waals surface area contributed by atoms with Crippen LogP contribution in [-0.2, 0) is 9.59 Å². The van der Waals surface area contributed by atoms with Crippen molar-refractivity contribution in [3.8, 4) is 0 Å². The molecule has 1 heterocycles. The van der Waals surface area contributed by atoms with Crippen molar-refractivity contribution in [1.82, 2.24) is 5.32 Å². The van der Waals surface area contributed by atoms with Crippen LogP contribution >= 0.6 is 24.0 Å². The van der Waals surface area contributed by atoms with E-state index in [2.05, 4.69) is 10.6 Å². The lowest BCUT2D eigenvalue weighted by molar-refractivity contribution is -0.122. The summed E-state index contributed by atoms with van der Waals surface area (Å²) in [6, 6.07) is 5.82. The van der Waals surface area contributed by atoms with Crippen molar-refractivity contribution in [2.45, 2.75) is 25.5 Å². The maximum Gasteiger partial charge on any atom is 0.239 e. The Labute approximate surface area is 121 Å². The van der Waals surface area contributed by atoms with Gasteiger partial charge in [0.1, 0.15) is 4.32 Å². The zero-order valence-corrected chi connectivity index (χ0v) is 12.3. The predicted molar refractivity (Wildman–Crippen MR) is 81.3 cm³/mol. The highest BCUT2D eigenvalue weighted by atomic mass is 32.2. The molecule has 0 spiro atoms. The van der Waals surface area contributed by atoms with Gasteiger partial charge >= 0.3 is 0 Å². The standard InChI is InChI=1S/C13H14N2O2S2/c1-7-4-3-5-8(2)11(7)14-10(16)6-9-12(17)15-13(18)19-9/h3-5,9H,6H2,1-2H3,(H,14,16)(H,15,17,18)/t9-/m1/s1. The van der Waals surface area contributed by atoms with E-state index < -0.39 is 5.25 Å². The maximum absolute atomic E-state index is 12.0. The highest BCUT2D eigenvalue weighted by Crippen LogP contribution is 2.24. The summed E-state index contributed by atoms with van der Waals surface area (Å²) in [6.07, 6.45) is 0.129. The van der Waals surface area contributed by atoms with E-state index in [0.29, 0.717) is 4.32 Å². The number of amides is 2. The van der Waals surface area contributed by atoms with E-state index in [9.17, 15) is 9.59 Å². The van der Waals surface area contributed by atoms with Crippen molar-refractivity contribution >= 4 is 45.8 Å². The largest absolute Gasteiger partial charge is 0.326 e. The van der Waals surface area contributed by atoms with Gasteiger partial charge in [0.05, 0.1) is 5.25 Å². The number of hydrogen-bond acceptors (Lipinski definition) is 4. The van der Waals surface area contributed by atoms with E-state index in [0.717, 1.165) is 16.8 Å². The summed E-state index contributed by atoms with van der Waals surface area (Å²) in [5, 5.41) is 4.98. The zero-order chi connectivity index (χ0) is 14.0. The second-order valence-corrected chi connectivity index (χ2v) is 6.28. The Hall–Kier alpha value is -1.40. The molecule has 4 nitrogen and oxygen atoms in total. The van der Waals surface area contributed by atoms with Crippen LogP contribution in [-0.4, -0.2) is 21.4 Å². The molecule has 0 aromatic heterocycles. The highest BCUT2D eigenvalue weighted by Gasteiger charge is 2.31. The van der Waals surface area contributed by atoms with Gasteiger partial charge < -0.3 is 10.6 Å². The fraction of sp³-hybridized carbons (Fsp3) is 0.308. The van der Waals surface area contributed by atoms with E-state index in [-0.39, 0.29) is 18.2 Å². The average molecular weight is 294 g/mol. The second-order valence-electron chi connectivity index (χ2n) is 4.40. The first-order valence-electron chi connectivity index (χ1n) is 5.85. The Morgan fingerprint density at radius 1 is 1.42 bits per heavy atom. The number of carbonyl (C=O) groups is 2. The molecule has 1 fully saturated rings. The lowest BCUT2D eigenvalue weighted by Gasteiger charge is -2.12. The Morgan fingerprint density at radius 2 is 2.05 bits per heavy atom. The molecule has 0 unspecified atom stereocenters. The Morgan fingerprint density at radius 3 is 2.58 bits per heavy atom. The molecule has 2 rings (SSSR count). The summed E-state index contributed by atoms with van der Waals surface area (Å²) in [7, 11) is 0. The minimum atomic E-state index is -0.420. The van der Waals surface area contributed by atoms with Crippen molar-refractivity contribution in [1.29, 1.82) is 0 Å². The molecule has 2 amide bonds. The number of aryl methyl sites for hydroxylation is 2. The summed E-state index contributed by atoms with van der Waals surface area (Å²) in [6.45, 7) is 3.88. The van der Waals surface area contributed by atoms with Crippen LogP contribution in [0.3, 0.4) is 0 Å². The summed E-state index contributed by atoms with van der Waals surface area (Å²) >= 11 is 6.13. The summed E-state index contributed by atoms with van der Waals surface area (Å²) < 4.78 is 0.440. The predicted octanol–water partition coefficient (Wildman–Crippen LogP) is 2.15. The molecule has 2 N–H and O–H groups in total. The van der Waals surface area contributed by atoms with Crippen LogP contribution in [0.25, 0.3) is 0 Å². The fourth-order valence-corrected chi connectivity index (χ4v) is 3.17. The molecule has 0 bridgehead atoms. The van der Waals surface area contributed by atoms with Gasteiger partial charge in [-0.2, -0.15) is 0 Å². The number of para-hydroxylation sites is 1. The number of hydrogen-bond donors (Lipinski definition) is 2. The third kappa shape index (κ3) is 3.33. The first-order valence-corrected chi connectivity index (χ1v) is 7.13. The molecule has 1 aromatic carbocycles. The number of nitrogens with one attached hydrogen (secondary N) is 2. The third-order valence-corrected chi connectivity index (χ3v) is 4.26. The summed E-state index contributed by atoms with van der Waals surface area (Å²) in [4.78, 5) is 23.5. The SMILES string of the molecule is Cc1cccc(C)c1NC(=O)C[C@H]1SC(=S)NC1=O. The van der Waals surface area contributed by atoms with E-state index in [1.807, 2.05) is 32.0 Å². The number of thioether (sulfide) groups is 1. The van der Waals surface area contributed by atoms with Crippen LogP contribution in [0.15, 0.2) is 18.2 Å². The summed E-state index contributed by atoms with van der Waals surface area (Å²) in [5.74, 6) is -0.360. The van der Waals surface area contributed by atoms with Crippen LogP contribution in [0.5, 0.6) is 0 Å². The smallest absolute Gasteiger partial charge is 0.239 e. The van der Waals surface area contributed by atoms with E-state index in [4.69, 9.17) is 12.2 Å². The molecule has 0 saturated carbocycles. The van der Waals surface area contributed by atoms with Crippen LogP contribution in [0.2, 0.25) is 0 Å². The van der Waals surface area contributed by atoms with Crippen LogP contribution in [0, 0.1) is 13.8 Å². The van der Waals surface area contributed by atoms with Crippen molar-refractivity contribution in [2.24, 2.45) is 0 Å². The monoisotopic (exact) mass is 294 g/mol. The van der Waals surface area contributed by atoms with E-state index >= 15 is 0 Å². The molecule has 19 heavy (non-hydrogen) atoms. The van der Waals surface area contributed by atoms with Crippen molar-refractivity contribution in [3.63, 3.8) is 0 Å². The van der Waals surface area contributed by atoms with E-state index in [1.165, 1.54) is 11.8 Å². The van der Waals surface area contributed by atoms with Crippen molar-refractivity contribution < 1.29 is 9.59 Å².